The van der Waals surface area contributed by atoms with E-state index in [1.165, 1.54) is 36.6 Å². The highest BCUT2D eigenvalue weighted by molar-refractivity contribution is 14.0. The molecule has 0 saturated carbocycles. The van der Waals surface area contributed by atoms with Gasteiger partial charge < -0.3 is 10.6 Å². The number of aryl methyl sites for hydroxylation is 1. The lowest BCUT2D eigenvalue weighted by Crippen LogP contribution is -2.44. The Hall–Kier alpha value is -0.410. The average molecular weight is 435 g/mol. The quantitative estimate of drug-likeness (QED) is 0.713. The molecule has 7 heteroatoms. The van der Waals surface area contributed by atoms with Gasteiger partial charge >= 0.3 is 0 Å². The summed E-state index contributed by atoms with van der Waals surface area (Å²) < 4.78 is 0. The molecule has 22 heavy (non-hydrogen) atoms. The first-order valence-corrected chi connectivity index (χ1v) is 8.83. The number of guanidine groups is 1. The van der Waals surface area contributed by atoms with Crippen molar-refractivity contribution >= 4 is 41.3 Å². The van der Waals surface area contributed by atoms with E-state index in [1.807, 2.05) is 0 Å². The molecule has 0 aliphatic carbocycles. The molecule has 0 amide bonds. The van der Waals surface area contributed by atoms with E-state index in [4.69, 9.17) is 0 Å². The number of piperidine rings is 1. The van der Waals surface area contributed by atoms with Crippen LogP contribution in [0.5, 0.6) is 0 Å². The first kappa shape index (κ1) is 17.9. The van der Waals surface area contributed by atoms with Gasteiger partial charge in [0.05, 0.1) is 10.7 Å². The van der Waals surface area contributed by atoms with Gasteiger partial charge in [-0.1, -0.05) is 0 Å². The molecule has 0 spiro atoms. The molecule has 0 bridgehead atoms. The molecular formula is C15H26IN5S. The summed E-state index contributed by atoms with van der Waals surface area (Å²) in [6.07, 6.45) is 3.69. The number of aliphatic imine (C=N–C) groups is 1. The fraction of sp³-hybridized carbons (Fsp3) is 0.733. The predicted octanol–water partition coefficient (Wildman–Crippen LogP) is 2.22. The van der Waals surface area contributed by atoms with Crippen LogP contribution < -0.4 is 10.6 Å². The second-order valence-electron chi connectivity index (χ2n) is 5.97. The van der Waals surface area contributed by atoms with Crippen molar-refractivity contribution in [3.05, 3.63) is 16.1 Å². The number of nitrogens with zero attached hydrogens (tertiary/aromatic N) is 3. The molecule has 2 N–H and O–H groups in total. The van der Waals surface area contributed by atoms with E-state index in [9.17, 15) is 0 Å². The number of hydrogen-bond acceptors (Lipinski definition) is 6. The maximum atomic E-state index is 4.56. The van der Waals surface area contributed by atoms with Crippen molar-refractivity contribution < 1.29 is 0 Å². The van der Waals surface area contributed by atoms with E-state index in [0.717, 1.165) is 44.5 Å². The van der Waals surface area contributed by atoms with Gasteiger partial charge in [0.1, 0.15) is 0 Å². The highest BCUT2D eigenvalue weighted by atomic mass is 127. The fourth-order valence-corrected chi connectivity index (χ4v) is 3.55. The molecule has 2 aliphatic heterocycles. The normalized spacial score (nSPS) is 20.0. The predicted molar refractivity (Wildman–Crippen MR) is 103 cm³/mol. The summed E-state index contributed by atoms with van der Waals surface area (Å²) in [4.78, 5) is 11.6. The van der Waals surface area contributed by atoms with Gasteiger partial charge in [0.25, 0.3) is 0 Å². The standard InChI is InChI=1S/C15H25N5S.HI/c1-12-19-14(11-21-12)10-20-7-3-13(4-8-20)9-18-15-16-5-2-6-17-15;/h11,13H,2-10H2,1H3,(H2,16,17,18);1H. The second kappa shape index (κ2) is 9.02. The first-order valence-electron chi connectivity index (χ1n) is 7.95. The molecule has 2 aliphatic rings. The molecule has 1 saturated heterocycles. The molecule has 124 valence electrons. The number of rotatable bonds is 4. The first-order chi connectivity index (χ1) is 10.3. The van der Waals surface area contributed by atoms with Crippen molar-refractivity contribution in [3.8, 4) is 0 Å². The summed E-state index contributed by atoms with van der Waals surface area (Å²) in [6.45, 7) is 8.52. The SMILES string of the molecule is Cc1nc(CN2CCC(CNC3=NCCCN3)CC2)cs1.I. The van der Waals surface area contributed by atoms with Gasteiger partial charge in [0, 0.05) is 31.6 Å². The zero-order chi connectivity index (χ0) is 14.5. The summed E-state index contributed by atoms with van der Waals surface area (Å²) >= 11 is 1.75. The van der Waals surface area contributed by atoms with E-state index in [-0.39, 0.29) is 24.0 Å². The summed E-state index contributed by atoms with van der Waals surface area (Å²) in [5, 5.41) is 10.2. The summed E-state index contributed by atoms with van der Waals surface area (Å²) in [5.41, 5.74) is 1.23. The Kier molecular flexibility index (Phi) is 7.36. The van der Waals surface area contributed by atoms with Crippen LogP contribution in [0.1, 0.15) is 30.0 Å². The number of nitrogens with one attached hydrogen (secondary N) is 2. The van der Waals surface area contributed by atoms with Gasteiger partial charge in [0.2, 0.25) is 0 Å². The van der Waals surface area contributed by atoms with Crippen molar-refractivity contribution in [1.82, 2.24) is 20.5 Å². The largest absolute Gasteiger partial charge is 0.356 e. The Morgan fingerprint density at radius 3 is 2.86 bits per heavy atom. The van der Waals surface area contributed by atoms with Crippen LogP contribution in [0.25, 0.3) is 0 Å². The summed E-state index contributed by atoms with van der Waals surface area (Å²) in [6, 6.07) is 0. The molecule has 3 rings (SSSR count). The third kappa shape index (κ3) is 5.34. The fourth-order valence-electron chi connectivity index (χ4n) is 2.95. The molecule has 0 aromatic carbocycles. The Balaban J connectivity index is 0.00000176. The molecule has 1 fully saturated rings. The Bertz CT molecular complexity index is 482. The third-order valence-electron chi connectivity index (χ3n) is 4.21. The van der Waals surface area contributed by atoms with Gasteiger partial charge in [-0.2, -0.15) is 0 Å². The Labute approximate surface area is 154 Å². The minimum Gasteiger partial charge on any atom is -0.356 e. The maximum Gasteiger partial charge on any atom is 0.191 e. The summed E-state index contributed by atoms with van der Waals surface area (Å²) in [5.74, 6) is 1.77. The van der Waals surface area contributed by atoms with Crippen LogP contribution >= 0.6 is 35.3 Å². The van der Waals surface area contributed by atoms with Crippen molar-refractivity contribution in [2.45, 2.75) is 32.7 Å². The molecule has 1 aromatic rings. The van der Waals surface area contributed by atoms with E-state index in [2.05, 4.69) is 37.8 Å². The zero-order valence-electron chi connectivity index (χ0n) is 13.2. The monoisotopic (exact) mass is 435 g/mol. The lowest BCUT2D eigenvalue weighted by molar-refractivity contribution is 0.176. The number of aromatic nitrogens is 1. The summed E-state index contributed by atoms with van der Waals surface area (Å²) in [7, 11) is 0. The molecule has 0 radical (unpaired) electrons. The van der Waals surface area contributed by atoms with Crippen LogP contribution in [0.2, 0.25) is 0 Å². The molecule has 5 nitrogen and oxygen atoms in total. The van der Waals surface area contributed by atoms with Crippen molar-refractivity contribution in [1.29, 1.82) is 0 Å². The van der Waals surface area contributed by atoms with E-state index in [0.29, 0.717) is 0 Å². The van der Waals surface area contributed by atoms with Gasteiger partial charge in [0.15, 0.2) is 5.96 Å². The van der Waals surface area contributed by atoms with Gasteiger partial charge in [-0.15, -0.1) is 35.3 Å². The third-order valence-corrected chi connectivity index (χ3v) is 5.04. The minimum absolute atomic E-state index is 0. The van der Waals surface area contributed by atoms with Crippen molar-refractivity contribution in [2.75, 3.05) is 32.7 Å². The minimum atomic E-state index is 0. The van der Waals surface area contributed by atoms with Crippen LogP contribution in [-0.2, 0) is 6.54 Å². The number of halogens is 1. The number of likely N-dealkylation sites (tertiary alicyclic amines) is 1. The van der Waals surface area contributed by atoms with Crippen LogP contribution in [0.15, 0.2) is 10.4 Å². The van der Waals surface area contributed by atoms with Crippen LogP contribution in [-0.4, -0.2) is 48.6 Å². The number of hydrogen-bond donors (Lipinski definition) is 2. The lowest BCUT2D eigenvalue weighted by atomic mass is 9.97. The topological polar surface area (TPSA) is 52.6 Å². The zero-order valence-corrected chi connectivity index (χ0v) is 16.3. The van der Waals surface area contributed by atoms with Crippen molar-refractivity contribution in [2.24, 2.45) is 10.9 Å². The number of thiazole rings is 1. The van der Waals surface area contributed by atoms with E-state index < -0.39 is 0 Å². The smallest absolute Gasteiger partial charge is 0.191 e. The second-order valence-corrected chi connectivity index (χ2v) is 7.03. The Morgan fingerprint density at radius 1 is 1.41 bits per heavy atom. The van der Waals surface area contributed by atoms with Crippen LogP contribution in [0, 0.1) is 12.8 Å². The van der Waals surface area contributed by atoms with Crippen LogP contribution in [0.3, 0.4) is 0 Å². The highest BCUT2D eigenvalue weighted by Gasteiger charge is 2.20. The van der Waals surface area contributed by atoms with Gasteiger partial charge in [-0.05, 0) is 45.2 Å². The van der Waals surface area contributed by atoms with Crippen LogP contribution in [0.4, 0.5) is 0 Å². The van der Waals surface area contributed by atoms with Gasteiger partial charge in [-0.25, -0.2) is 4.98 Å². The molecule has 1 aromatic heterocycles. The molecule has 3 heterocycles. The molecular weight excluding hydrogens is 409 g/mol. The Morgan fingerprint density at radius 2 is 2.23 bits per heavy atom. The molecule has 0 unspecified atom stereocenters. The molecule has 0 atom stereocenters. The van der Waals surface area contributed by atoms with Crippen molar-refractivity contribution in [3.63, 3.8) is 0 Å². The lowest BCUT2D eigenvalue weighted by Gasteiger charge is -2.32. The van der Waals surface area contributed by atoms with E-state index in [1.54, 1.807) is 11.3 Å². The maximum absolute atomic E-state index is 4.56. The highest BCUT2D eigenvalue weighted by Crippen LogP contribution is 2.19. The van der Waals surface area contributed by atoms with E-state index >= 15 is 0 Å². The van der Waals surface area contributed by atoms with Gasteiger partial charge in [-0.3, -0.25) is 9.89 Å². The average Bonchev–Trinajstić information content (AvgIpc) is 2.93.